The number of hydrogen-bond acceptors (Lipinski definition) is 6. The van der Waals surface area contributed by atoms with Crippen molar-refractivity contribution in [2.24, 2.45) is 0 Å². The third-order valence-corrected chi connectivity index (χ3v) is 8.59. The van der Waals surface area contributed by atoms with E-state index in [-0.39, 0.29) is 23.7 Å². The molecule has 10 heteroatoms. The van der Waals surface area contributed by atoms with Crippen molar-refractivity contribution in [3.05, 3.63) is 69.2 Å². The van der Waals surface area contributed by atoms with Gasteiger partial charge in [0.1, 0.15) is 23.5 Å². The summed E-state index contributed by atoms with van der Waals surface area (Å²) in [5.74, 6) is 2.45. The average Bonchev–Trinajstić information content (AvgIpc) is 3.29. The predicted octanol–water partition coefficient (Wildman–Crippen LogP) is 3.97. The Morgan fingerprint density at radius 3 is 2.36 bits per heavy atom. The van der Waals surface area contributed by atoms with E-state index in [1.54, 1.807) is 0 Å². The van der Waals surface area contributed by atoms with Gasteiger partial charge in [-0.05, 0) is 61.7 Å². The van der Waals surface area contributed by atoms with E-state index in [2.05, 4.69) is 15.1 Å². The van der Waals surface area contributed by atoms with Gasteiger partial charge in [-0.3, -0.25) is 9.47 Å². The number of aromatic nitrogens is 3. The van der Waals surface area contributed by atoms with Crippen molar-refractivity contribution in [2.45, 2.75) is 32.4 Å². The molecule has 0 unspecified atom stereocenters. The van der Waals surface area contributed by atoms with E-state index >= 15 is 0 Å². The van der Waals surface area contributed by atoms with E-state index in [9.17, 15) is 8.42 Å². The minimum Gasteiger partial charge on any atom is -0.482 e. The molecule has 2 heterocycles. The first kappa shape index (κ1) is 22.7. The van der Waals surface area contributed by atoms with Crippen molar-refractivity contribution in [3.63, 3.8) is 0 Å². The van der Waals surface area contributed by atoms with Gasteiger partial charge < -0.3 is 4.74 Å². The van der Waals surface area contributed by atoms with Crippen LogP contribution in [0.3, 0.4) is 0 Å². The molecule has 1 saturated heterocycles. The molecule has 2 atom stereocenters. The van der Waals surface area contributed by atoms with Crippen LogP contribution >= 0.6 is 23.2 Å². The van der Waals surface area contributed by atoms with Crippen LogP contribution in [0.4, 0.5) is 0 Å². The highest BCUT2D eigenvalue weighted by molar-refractivity contribution is 7.91. The first-order valence-corrected chi connectivity index (χ1v) is 13.4. The smallest absolute Gasteiger partial charge is 0.152 e. The lowest BCUT2D eigenvalue weighted by atomic mass is 10.1. The van der Waals surface area contributed by atoms with Gasteiger partial charge in [-0.1, -0.05) is 29.3 Å². The van der Waals surface area contributed by atoms with Crippen molar-refractivity contribution in [1.29, 1.82) is 0 Å². The Kier molecular flexibility index (Phi) is 5.89. The van der Waals surface area contributed by atoms with Gasteiger partial charge >= 0.3 is 0 Å². The molecule has 2 aliphatic rings. The molecular formula is C23H24Cl2N4O3S. The molecule has 1 aliphatic heterocycles. The van der Waals surface area contributed by atoms with E-state index in [1.807, 2.05) is 54.8 Å². The van der Waals surface area contributed by atoms with Gasteiger partial charge in [0.25, 0.3) is 0 Å². The van der Waals surface area contributed by atoms with Gasteiger partial charge in [0.2, 0.25) is 0 Å². The maximum atomic E-state index is 12.0. The Morgan fingerprint density at radius 2 is 1.70 bits per heavy atom. The second kappa shape index (κ2) is 8.58. The minimum absolute atomic E-state index is 0.00653. The van der Waals surface area contributed by atoms with Gasteiger partial charge in [-0.25, -0.2) is 8.42 Å². The number of fused-ring (bicyclic) bond motifs is 1. The molecule has 7 nitrogen and oxygen atoms in total. The van der Waals surface area contributed by atoms with E-state index in [4.69, 9.17) is 27.9 Å². The second-order valence-electron chi connectivity index (χ2n) is 8.59. The quantitative estimate of drug-likeness (QED) is 0.532. The second-order valence-corrected chi connectivity index (χ2v) is 11.7. The molecule has 0 saturated carbocycles. The number of aryl methyl sites for hydroxylation is 2. The Morgan fingerprint density at radius 1 is 1.00 bits per heavy atom. The lowest BCUT2D eigenvalue weighted by Gasteiger charge is -2.35. The normalized spacial score (nSPS) is 22.3. The molecule has 1 aliphatic carbocycles. The third kappa shape index (κ3) is 4.37. The number of benzene rings is 2. The van der Waals surface area contributed by atoms with Gasteiger partial charge in [0.05, 0.1) is 28.3 Å². The van der Waals surface area contributed by atoms with Crippen molar-refractivity contribution in [1.82, 2.24) is 19.7 Å². The van der Waals surface area contributed by atoms with E-state index in [1.165, 1.54) is 0 Å². The SMILES string of the molecule is Cc1nnc(C)n1-c1ccc(O[C@H]2c3cc(Cl)ccc3C[C@@H]2N2CCS(=O)(=O)CC2)c(Cl)c1. The fourth-order valence-corrected chi connectivity index (χ4v) is 6.41. The molecule has 5 rings (SSSR count). The Balaban J connectivity index is 1.46. The zero-order chi connectivity index (χ0) is 23.3. The molecule has 0 amide bonds. The molecular weight excluding hydrogens is 483 g/mol. The van der Waals surface area contributed by atoms with Crippen molar-refractivity contribution < 1.29 is 13.2 Å². The van der Waals surface area contributed by atoms with Crippen LogP contribution in [0.25, 0.3) is 5.69 Å². The molecule has 33 heavy (non-hydrogen) atoms. The standard InChI is InChI=1S/C23H24Cl2N4O3S/c1-14-26-27-15(2)29(14)18-5-6-22(20(25)13-18)32-23-19-12-17(24)4-3-16(19)11-21(23)28-7-9-33(30,31)10-8-28/h3-6,12-13,21,23H,7-11H2,1-2H3/t21-,23-/m0/s1. The number of rotatable bonds is 4. The predicted molar refractivity (Wildman–Crippen MR) is 128 cm³/mol. The molecule has 0 spiro atoms. The van der Waals surface area contributed by atoms with Gasteiger partial charge in [0, 0.05) is 18.1 Å². The van der Waals surface area contributed by atoms with Crippen LogP contribution in [0.15, 0.2) is 36.4 Å². The zero-order valence-corrected chi connectivity index (χ0v) is 20.7. The largest absolute Gasteiger partial charge is 0.482 e. The molecule has 0 radical (unpaired) electrons. The first-order chi connectivity index (χ1) is 15.7. The van der Waals surface area contributed by atoms with Gasteiger partial charge in [-0.15, -0.1) is 10.2 Å². The molecule has 3 aromatic rings. The molecule has 0 bridgehead atoms. The summed E-state index contributed by atoms with van der Waals surface area (Å²) in [6.45, 7) is 4.77. The summed E-state index contributed by atoms with van der Waals surface area (Å²) < 4.78 is 32.4. The van der Waals surface area contributed by atoms with Crippen LogP contribution in [0, 0.1) is 13.8 Å². The summed E-state index contributed by atoms with van der Waals surface area (Å²) in [6, 6.07) is 11.5. The molecule has 174 valence electrons. The highest BCUT2D eigenvalue weighted by Gasteiger charge is 2.40. The number of halogens is 2. The fourth-order valence-electron chi connectivity index (χ4n) is 4.78. The molecule has 1 fully saturated rings. The lowest BCUT2D eigenvalue weighted by molar-refractivity contribution is 0.0836. The fraction of sp³-hybridized carbons (Fsp3) is 0.391. The summed E-state index contributed by atoms with van der Waals surface area (Å²) in [5, 5.41) is 9.35. The van der Waals surface area contributed by atoms with Crippen LogP contribution in [0.2, 0.25) is 10.0 Å². The summed E-state index contributed by atoms with van der Waals surface area (Å²) in [4.78, 5) is 2.21. The van der Waals surface area contributed by atoms with Crippen LogP contribution < -0.4 is 4.74 Å². The number of hydrogen-bond donors (Lipinski definition) is 0. The first-order valence-electron chi connectivity index (χ1n) is 10.8. The van der Waals surface area contributed by atoms with Gasteiger partial charge in [0.15, 0.2) is 9.84 Å². The monoisotopic (exact) mass is 506 g/mol. The van der Waals surface area contributed by atoms with Crippen molar-refractivity contribution in [2.75, 3.05) is 24.6 Å². The van der Waals surface area contributed by atoms with E-state index in [0.29, 0.717) is 28.9 Å². The Labute approximate surface area is 203 Å². The Bertz CT molecular complexity index is 1290. The highest BCUT2D eigenvalue weighted by Crippen LogP contribution is 2.41. The summed E-state index contributed by atoms with van der Waals surface area (Å²) in [5.41, 5.74) is 3.04. The lowest BCUT2D eigenvalue weighted by Crippen LogP contribution is -2.48. The highest BCUT2D eigenvalue weighted by atomic mass is 35.5. The molecule has 0 N–H and O–H groups in total. The molecule has 1 aromatic heterocycles. The van der Waals surface area contributed by atoms with Crippen molar-refractivity contribution >= 4 is 33.0 Å². The number of sulfone groups is 1. The number of nitrogens with zero attached hydrogens (tertiary/aromatic N) is 4. The average molecular weight is 507 g/mol. The zero-order valence-electron chi connectivity index (χ0n) is 18.3. The third-order valence-electron chi connectivity index (χ3n) is 6.46. The van der Waals surface area contributed by atoms with Gasteiger partial charge in [-0.2, -0.15) is 0 Å². The van der Waals surface area contributed by atoms with Crippen LogP contribution in [-0.4, -0.2) is 58.7 Å². The van der Waals surface area contributed by atoms with Crippen LogP contribution in [0.5, 0.6) is 5.75 Å². The minimum atomic E-state index is -2.97. The maximum Gasteiger partial charge on any atom is 0.152 e. The van der Waals surface area contributed by atoms with E-state index in [0.717, 1.165) is 34.9 Å². The van der Waals surface area contributed by atoms with E-state index < -0.39 is 9.84 Å². The summed E-state index contributed by atoms with van der Waals surface area (Å²) >= 11 is 13.0. The van der Waals surface area contributed by atoms with Crippen LogP contribution in [-0.2, 0) is 16.3 Å². The van der Waals surface area contributed by atoms with Crippen molar-refractivity contribution in [3.8, 4) is 11.4 Å². The summed E-state index contributed by atoms with van der Waals surface area (Å²) in [6.07, 6.45) is 0.465. The van der Waals surface area contributed by atoms with Crippen LogP contribution in [0.1, 0.15) is 28.9 Å². The molecule has 2 aromatic carbocycles. The maximum absolute atomic E-state index is 12.0. The Hall–Kier alpha value is -2.13. The topological polar surface area (TPSA) is 77.3 Å². The summed E-state index contributed by atoms with van der Waals surface area (Å²) in [7, 11) is -2.97. The number of ether oxygens (including phenoxy) is 1.